The Morgan fingerprint density at radius 3 is 2.89 bits per heavy atom. The minimum atomic E-state index is -0.621. The van der Waals surface area contributed by atoms with Crippen LogP contribution in [0, 0.1) is 5.82 Å². The van der Waals surface area contributed by atoms with Crippen LogP contribution in [-0.4, -0.2) is 55.0 Å². The van der Waals surface area contributed by atoms with Crippen LogP contribution in [0.4, 0.5) is 4.39 Å². The second-order valence-electron chi connectivity index (χ2n) is 7.62. The van der Waals surface area contributed by atoms with Crippen LogP contribution in [0.2, 0.25) is 0 Å². The van der Waals surface area contributed by atoms with Crippen LogP contribution in [0.1, 0.15) is 35.3 Å². The number of nitrogens with zero attached hydrogens (tertiary/aromatic N) is 1. The molecule has 3 N–H and O–H groups in total. The number of aryl methyl sites for hydroxylation is 1. The summed E-state index contributed by atoms with van der Waals surface area (Å²) in [4.78, 5) is 27.1. The lowest BCUT2D eigenvalue weighted by molar-refractivity contribution is -0.906. The van der Waals surface area contributed by atoms with Gasteiger partial charge in [0.1, 0.15) is 30.2 Å². The number of amides is 1. The predicted octanol–water partition coefficient (Wildman–Crippen LogP) is -0.00170. The Labute approximate surface area is 161 Å². The maximum Gasteiger partial charge on any atom is 0.267 e. The Morgan fingerprint density at radius 1 is 1.39 bits per heavy atom. The average Bonchev–Trinajstić information content (AvgIpc) is 2.67. The number of pyridine rings is 1. The summed E-state index contributed by atoms with van der Waals surface area (Å²) >= 11 is 0. The number of hydrogen-bond acceptors (Lipinski definition) is 4. The quantitative estimate of drug-likeness (QED) is 0.686. The SMILES string of the molecule is C[C@@H]1CCc2cc(F)cc3c(O)c(C(=O)NCC[NH+]4CCOCC4)c(=O)n1c23. The highest BCUT2D eigenvalue weighted by Crippen LogP contribution is 2.35. The molecule has 0 bridgehead atoms. The number of benzene rings is 1. The van der Waals surface area contributed by atoms with Gasteiger partial charge in [-0.3, -0.25) is 9.59 Å². The molecule has 7 nitrogen and oxygen atoms in total. The van der Waals surface area contributed by atoms with Gasteiger partial charge < -0.3 is 24.6 Å². The van der Waals surface area contributed by atoms with E-state index in [1.54, 1.807) is 0 Å². The van der Waals surface area contributed by atoms with Gasteiger partial charge in [0.15, 0.2) is 0 Å². The number of ether oxygens (including phenoxy) is 1. The Balaban J connectivity index is 1.67. The molecular weight excluding hydrogens is 365 g/mol. The number of rotatable bonds is 4. The summed E-state index contributed by atoms with van der Waals surface area (Å²) in [7, 11) is 0. The smallest absolute Gasteiger partial charge is 0.267 e. The molecule has 2 aliphatic heterocycles. The molecule has 2 aliphatic rings. The van der Waals surface area contributed by atoms with Crippen LogP contribution in [0.5, 0.6) is 5.75 Å². The van der Waals surface area contributed by atoms with Gasteiger partial charge in [-0.25, -0.2) is 4.39 Å². The van der Waals surface area contributed by atoms with E-state index in [9.17, 15) is 19.1 Å². The van der Waals surface area contributed by atoms with Gasteiger partial charge in [-0.15, -0.1) is 0 Å². The maximum atomic E-state index is 14.0. The first-order valence-corrected chi connectivity index (χ1v) is 9.76. The van der Waals surface area contributed by atoms with Gasteiger partial charge in [0, 0.05) is 11.4 Å². The van der Waals surface area contributed by atoms with Gasteiger partial charge >= 0.3 is 0 Å². The molecule has 150 valence electrons. The number of carbonyl (C=O) groups excluding carboxylic acids is 1. The zero-order chi connectivity index (χ0) is 19.8. The number of halogens is 1. The third kappa shape index (κ3) is 3.27. The first kappa shape index (κ1) is 18.9. The summed E-state index contributed by atoms with van der Waals surface area (Å²) < 4.78 is 20.9. The molecule has 1 amide bonds. The van der Waals surface area contributed by atoms with E-state index < -0.39 is 23.0 Å². The monoisotopic (exact) mass is 390 g/mol. The van der Waals surface area contributed by atoms with Crippen molar-refractivity contribution in [2.75, 3.05) is 39.4 Å². The number of quaternary nitrogens is 1. The number of aromatic nitrogens is 1. The lowest BCUT2D eigenvalue weighted by Crippen LogP contribution is -3.14. The molecule has 0 spiro atoms. The fourth-order valence-electron chi connectivity index (χ4n) is 4.24. The summed E-state index contributed by atoms with van der Waals surface area (Å²) in [6.07, 6.45) is 1.31. The van der Waals surface area contributed by atoms with E-state index in [0.717, 1.165) is 13.1 Å². The molecule has 1 fully saturated rings. The zero-order valence-corrected chi connectivity index (χ0v) is 15.9. The summed E-state index contributed by atoms with van der Waals surface area (Å²) in [6, 6.07) is 2.46. The van der Waals surface area contributed by atoms with Crippen molar-refractivity contribution in [2.45, 2.75) is 25.8 Å². The second kappa shape index (κ2) is 7.52. The van der Waals surface area contributed by atoms with Gasteiger partial charge in [-0.1, -0.05) is 0 Å². The van der Waals surface area contributed by atoms with Crippen LogP contribution in [-0.2, 0) is 11.2 Å². The van der Waals surface area contributed by atoms with Crippen molar-refractivity contribution in [3.8, 4) is 5.75 Å². The molecule has 3 heterocycles. The van der Waals surface area contributed by atoms with E-state index >= 15 is 0 Å². The Bertz CT molecular complexity index is 982. The minimum Gasteiger partial charge on any atom is -0.506 e. The number of morpholine rings is 1. The molecule has 2 aromatic rings. The van der Waals surface area contributed by atoms with Crippen molar-refractivity contribution in [1.29, 1.82) is 0 Å². The summed E-state index contributed by atoms with van der Waals surface area (Å²) in [5.74, 6) is -1.55. The highest BCUT2D eigenvalue weighted by Gasteiger charge is 2.28. The first-order valence-electron chi connectivity index (χ1n) is 9.76. The largest absolute Gasteiger partial charge is 0.506 e. The topological polar surface area (TPSA) is 85.0 Å². The van der Waals surface area contributed by atoms with Crippen molar-refractivity contribution in [3.05, 3.63) is 39.4 Å². The summed E-state index contributed by atoms with van der Waals surface area (Å²) in [6.45, 7) is 6.15. The number of carbonyl (C=O) groups is 1. The molecular formula is C20H25FN3O4+. The molecule has 4 rings (SSSR count). The molecule has 1 atom stereocenters. The lowest BCUT2D eigenvalue weighted by atomic mass is 9.95. The molecule has 0 aliphatic carbocycles. The molecule has 8 heteroatoms. The van der Waals surface area contributed by atoms with Crippen LogP contribution in [0.3, 0.4) is 0 Å². The Hall–Kier alpha value is -2.45. The van der Waals surface area contributed by atoms with E-state index in [4.69, 9.17) is 4.74 Å². The zero-order valence-electron chi connectivity index (χ0n) is 15.9. The molecule has 0 saturated carbocycles. The van der Waals surface area contributed by atoms with E-state index in [0.29, 0.717) is 50.2 Å². The molecule has 28 heavy (non-hydrogen) atoms. The highest BCUT2D eigenvalue weighted by molar-refractivity contribution is 6.03. The van der Waals surface area contributed by atoms with Gasteiger partial charge in [0.25, 0.3) is 11.5 Å². The normalized spacial score (nSPS) is 19.7. The maximum absolute atomic E-state index is 14.0. The molecule has 0 unspecified atom stereocenters. The van der Waals surface area contributed by atoms with Crippen LogP contribution in [0.15, 0.2) is 16.9 Å². The van der Waals surface area contributed by atoms with Crippen molar-refractivity contribution < 1.29 is 23.9 Å². The van der Waals surface area contributed by atoms with E-state index in [-0.39, 0.29) is 17.0 Å². The fraction of sp³-hybridized carbons (Fsp3) is 0.500. The number of hydrogen-bond donors (Lipinski definition) is 3. The van der Waals surface area contributed by atoms with E-state index in [1.165, 1.54) is 21.6 Å². The third-order valence-corrected chi connectivity index (χ3v) is 5.78. The van der Waals surface area contributed by atoms with Gasteiger partial charge in [-0.2, -0.15) is 0 Å². The summed E-state index contributed by atoms with van der Waals surface area (Å²) in [5, 5.41) is 13.6. The van der Waals surface area contributed by atoms with Crippen LogP contribution >= 0.6 is 0 Å². The first-order chi connectivity index (χ1) is 13.5. The number of aromatic hydroxyl groups is 1. The van der Waals surface area contributed by atoms with E-state index in [2.05, 4.69) is 5.32 Å². The highest BCUT2D eigenvalue weighted by atomic mass is 19.1. The van der Waals surface area contributed by atoms with Crippen molar-refractivity contribution in [2.24, 2.45) is 0 Å². The fourth-order valence-corrected chi connectivity index (χ4v) is 4.24. The van der Waals surface area contributed by atoms with Crippen LogP contribution in [0.25, 0.3) is 10.9 Å². The second-order valence-corrected chi connectivity index (χ2v) is 7.62. The van der Waals surface area contributed by atoms with Crippen LogP contribution < -0.4 is 15.8 Å². The Morgan fingerprint density at radius 2 is 2.14 bits per heavy atom. The molecule has 1 aromatic carbocycles. The van der Waals surface area contributed by atoms with E-state index in [1.807, 2.05) is 6.92 Å². The van der Waals surface area contributed by atoms with Crippen molar-refractivity contribution >= 4 is 16.8 Å². The molecule has 1 aromatic heterocycles. The predicted molar refractivity (Wildman–Crippen MR) is 102 cm³/mol. The summed E-state index contributed by atoms with van der Waals surface area (Å²) in [5.41, 5.74) is 0.372. The minimum absolute atomic E-state index is 0.127. The van der Waals surface area contributed by atoms with Crippen molar-refractivity contribution in [1.82, 2.24) is 9.88 Å². The van der Waals surface area contributed by atoms with Gasteiger partial charge in [0.2, 0.25) is 0 Å². The standard InChI is InChI=1S/C20H24FN3O4/c1-12-2-3-13-10-14(21)11-15-17(13)24(12)20(27)16(18(15)25)19(26)22-4-5-23-6-8-28-9-7-23/h10-12,25H,2-9H2,1H3,(H,22,26)/p+1/t12-/m1/s1. The number of nitrogens with one attached hydrogen (secondary N) is 2. The van der Waals surface area contributed by atoms with Crippen molar-refractivity contribution in [3.63, 3.8) is 0 Å². The molecule has 0 radical (unpaired) electrons. The van der Waals surface area contributed by atoms with Gasteiger partial charge in [-0.05, 0) is 37.5 Å². The molecule has 1 saturated heterocycles. The lowest BCUT2D eigenvalue weighted by Gasteiger charge is -2.27. The van der Waals surface area contributed by atoms with Gasteiger partial charge in [0.05, 0.1) is 31.8 Å². The third-order valence-electron chi connectivity index (χ3n) is 5.78. The Kier molecular flexibility index (Phi) is 5.07. The average molecular weight is 390 g/mol.